The van der Waals surface area contributed by atoms with E-state index in [9.17, 15) is 4.79 Å². The first-order valence-corrected chi connectivity index (χ1v) is 6.84. The van der Waals surface area contributed by atoms with E-state index in [-0.39, 0.29) is 5.56 Å². The second-order valence-electron chi connectivity index (χ2n) is 5.20. The molecule has 1 saturated heterocycles. The SMILES string of the molecule is CC1CCN(CCCOc2ccccc2C(=O)O)C1. The number of carboxylic acid groups (broad SMARTS) is 1. The first-order chi connectivity index (χ1) is 9.16. The van der Waals surface area contributed by atoms with E-state index in [4.69, 9.17) is 9.84 Å². The van der Waals surface area contributed by atoms with Gasteiger partial charge in [0.2, 0.25) is 0 Å². The van der Waals surface area contributed by atoms with E-state index < -0.39 is 5.97 Å². The molecule has 1 aromatic carbocycles. The Labute approximate surface area is 114 Å². The highest BCUT2D eigenvalue weighted by molar-refractivity contribution is 5.90. The van der Waals surface area contributed by atoms with Crippen LogP contribution in [0, 0.1) is 5.92 Å². The summed E-state index contributed by atoms with van der Waals surface area (Å²) in [7, 11) is 0. The van der Waals surface area contributed by atoms with Crippen LogP contribution in [0.25, 0.3) is 0 Å². The van der Waals surface area contributed by atoms with Gasteiger partial charge in [-0.2, -0.15) is 0 Å². The van der Waals surface area contributed by atoms with Crippen LogP contribution in [0.1, 0.15) is 30.1 Å². The molecule has 1 atom stereocenters. The Balaban J connectivity index is 1.75. The molecule has 0 bridgehead atoms. The Bertz CT molecular complexity index is 433. The molecular formula is C15H21NO3. The van der Waals surface area contributed by atoms with Gasteiger partial charge in [-0.3, -0.25) is 0 Å². The van der Waals surface area contributed by atoms with Gasteiger partial charge in [-0.25, -0.2) is 4.79 Å². The van der Waals surface area contributed by atoms with Crippen LogP contribution < -0.4 is 4.74 Å². The molecule has 1 aliphatic heterocycles. The van der Waals surface area contributed by atoms with Crippen LogP contribution in [0.2, 0.25) is 0 Å². The van der Waals surface area contributed by atoms with Gasteiger partial charge in [0.25, 0.3) is 0 Å². The normalized spacial score (nSPS) is 19.5. The van der Waals surface area contributed by atoms with E-state index in [0.717, 1.165) is 18.9 Å². The summed E-state index contributed by atoms with van der Waals surface area (Å²) in [6.45, 7) is 6.22. The predicted molar refractivity (Wildman–Crippen MR) is 73.7 cm³/mol. The molecule has 0 aromatic heterocycles. The van der Waals surface area contributed by atoms with Gasteiger partial charge in [0.15, 0.2) is 0 Å². The maximum Gasteiger partial charge on any atom is 0.339 e. The fourth-order valence-electron chi connectivity index (χ4n) is 2.47. The van der Waals surface area contributed by atoms with Crippen molar-refractivity contribution in [3.63, 3.8) is 0 Å². The molecule has 1 heterocycles. The van der Waals surface area contributed by atoms with Crippen molar-refractivity contribution in [2.45, 2.75) is 19.8 Å². The van der Waals surface area contributed by atoms with Gasteiger partial charge in [-0.15, -0.1) is 0 Å². The standard InChI is InChI=1S/C15H21NO3/c1-12-7-9-16(11-12)8-4-10-19-14-6-3-2-5-13(14)15(17)18/h2-3,5-6,12H,4,7-11H2,1H3,(H,17,18). The van der Waals surface area contributed by atoms with Crippen LogP contribution in [0.5, 0.6) is 5.75 Å². The van der Waals surface area contributed by atoms with Gasteiger partial charge < -0.3 is 14.7 Å². The van der Waals surface area contributed by atoms with Crippen LogP contribution >= 0.6 is 0 Å². The van der Waals surface area contributed by atoms with Gasteiger partial charge in [0.05, 0.1) is 6.61 Å². The van der Waals surface area contributed by atoms with Crippen molar-refractivity contribution in [2.24, 2.45) is 5.92 Å². The molecule has 1 unspecified atom stereocenters. The number of aromatic carboxylic acids is 1. The highest BCUT2D eigenvalue weighted by Crippen LogP contribution is 2.18. The van der Waals surface area contributed by atoms with Crippen LogP contribution in [-0.4, -0.2) is 42.2 Å². The first kappa shape index (κ1) is 13.9. The molecule has 1 aromatic rings. The summed E-state index contributed by atoms with van der Waals surface area (Å²) >= 11 is 0. The summed E-state index contributed by atoms with van der Waals surface area (Å²) in [6.07, 6.45) is 2.21. The molecule has 1 N–H and O–H groups in total. The molecule has 0 amide bonds. The lowest BCUT2D eigenvalue weighted by Crippen LogP contribution is -2.23. The number of para-hydroxylation sites is 1. The number of ether oxygens (including phenoxy) is 1. The van der Waals surface area contributed by atoms with E-state index in [1.165, 1.54) is 19.5 Å². The van der Waals surface area contributed by atoms with Crippen molar-refractivity contribution >= 4 is 5.97 Å². The minimum Gasteiger partial charge on any atom is -0.493 e. The Morgan fingerprint density at radius 1 is 1.47 bits per heavy atom. The minimum atomic E-state index is -0.941. The van der Waals surface area contributed by atoms with Gasteiger partial charge in [-0.1, -0.05) is 19.1 Å². The van der Waals surface area contributed by atoms with Crippen LogP contribution in [0.15, 0.2) is 24.3 Å². The number of rotatable bonds is 6. The van der Waals surface area contributed by atoms with Crippen molar-refractivity contribution in [1.82, 2.24) is 4.90 Å². The summed E-state index contributed by atoms with van der Waals surface area (Å²) in [6, 6.07) is 6.78. The fourth-order valence-corrected chi connectivity index (χ4v) is 2.47. The quantitative estimate of drug-likeness (QED) is 0.801. The van der Waals surface area contributed by atoms with E-state index >= 15 is 0 Å². The summed E-state index contributed by atoms with van der Waals surface area (Å²) in [5.74, 6) is 0.322. The lowest BCUT2D eigenvalue weighted by atomic mass is 10.2. The molecule has 0 saturated carbocycles. The number of likely N-dealkylation sites (tertiary alicyclic amines) is 1. The summed E-state index contributed by atoms with van der Waals surface area (Å²) in [5.41, 5.74) is 0.234. The number of hydrogen-bond acceptors (Lipinski definition) is 3. The second-order valence-corrected chi connectivity index (χ2v) is 5.20. The number of benzene rings is 1. The van der Waals surface area contributed by atoms with Crippen LogP contribution in [0.4, 0.5) is 0 Å². The van der Waals surface area contributed by atoms with Crippen molar-refractivity contribution < 1.29 is 14.6 Å². The van der Waals surface area contributed by atoms with Gasteiger partial charge in [0, 0.05) is 13.1 Å². The lowest BCUT2D eigenvalue weighted by molar-refractivity contribution is 0.0692. The lowest BCUT2D eigenvalue weighted by Gasteiger charge is -2.15. The molecule has 19 heavy (non-hydrogen) atoms. The van der Waals surface area contributed by atoms with E-state index in [0.29, 0.717) is 12.4 Å². The number of nitrogens with zero attached hydrogens (tertiary/aromatic N) is 1. The summed E-state index contributed by atoms with van der Waals surface area (Å²) < 4.78 is 5.58. The van der Waals surface area contributed by atoms with Crippen LogP contribution in [-0.2, 0) is 0 Å². The minimum absolute atomic E-state index is 0.234. The molecule has 1 aliphatic rings. The van der Waals surface area contributed by atoms with Crippen molar-refractivity contribution in [1.29, 1.82) is 0 Å². The molecule has 0 aliphatic carbocycles. The smallest absolute Gasteiger partial charge is 0.339 e. The Morgan fingerprint density at radius 2 is 2.26 bits per heavy atom. The maximum absolute atomic E-state index is 11.0. The van der Waals surface area contributed by atoms with Gasteiger partial charge in [-0.05, 0) is 37.4 Å². The van der Waals surface area contributed by atoms with E-state index in [2.05, 4.69) is 11.8 Å². The zero-order valence-electron chi connectivity index (χ0n) is 11.3. The third-order valence-corrected chi connectivity index (χ3v) is 3.50. The topological polar surface area (TPSA) is 49.8 Å². The number of carboxylic acids is 1. The zero-order chi connectivity index (χ0) is 13.7. The molecule has 2 rings (SSSR count). The zero-order valence-corrected chi connectivity index (χ0v) is 11.3. The molecular weight excluding hydrogens is 242 g/mol. The average molecular weight is 263 g/mol. The average Bonchev–Trinajstić information content (AvgIpc) is 2.81. The molecule has 0 radical (unpaired) electrons. The summed E-state index contributed by atoms with van der Waals surface area (Å²) in [5, 5.41) is 9.04. The molecule has 0 spiro atoms. The van der Waals surface area contributed by atoms with E-state index in [1.54, 1.807) is 24.3 Å². The molecule has 104 valence electrons. The first-order valence-electron chi connectivity index (χ1n) is 6.84. The Kier molecular flexibility index (Phi) is 4.80. The monoisotopic (exact) mass is 263 g/mol. The number of carbonyl (C=O) groups is 1. The molecule has 4 heteroatoms. The van der Waals surface area contributed by atoms with Crippen molar-refractivity contribution in [2.75, 3.05) is 26.2 Å². The third kappa shape index (κ3) is 3.96. The molecule has 4 nitrogen and oxygen atoms in total. The Morgan fingerprint density at radius 3 is 2.95 bits per heavy atom. The van der Waals surface area contributed by atoms with E-state index in [1.807, 2.05) is 0 Å². The van der Waals surface area contributed by atoms with Crippen molar-refractivity contribution in [3.8, 4) is 5.75 Å². The fraction of sp³-hybridized carbons (Fsp3) is 0.533. The van der Waals surface area contributed by atoms with Crippen LogP contribution in [0.3, 0.4) is 0 Å². The largest absolute Gasteiger partial charge is 0.493 e. The van der Waals surface area contributed by atoms with Gasteiger partial charge >= 0.3 is 5.97 Å². The van der Waals surface area contributed by atoms with Crippen molar-refractivity contribution in [3.05, 3.63) is 29.8 Å². The second kappa shape index (κ2) is 6.57. The highest BCUT2D eigenvalue weighted by atomic mass is 16.5. The maximum atomic E-state index is 11.0. The Hall–Kier alpha value is -1.55. The van der Waals surface area contributed by atoms with Gasteiger partial charge in [0.1, 0.15) is 11.3 Å². The summed E-state index contributed by atoms with van der Waals surface area (Å²) in [4.78, 5) is 13.5. The molecule has 1 fully saturated rings. The highest BCUT2D eigenvalue weighted by Gasteiger charge is 2.17. The third-order valence-electron chi connectivity index (χ3n) is 3.50. The predicted octanol–water partition coefficient (Wildman–Crippen LogP) is 2.50. The number of hydrogen-bond donors (Lipinski definition) is 1.